The lowest BCUT2D eigenvalue weighted by atomic mass is 10.1. The van der Waals surface area contributed by atoms with Crippen molar-refractivity contribution >= 4 is 23.5 Å². The highest BCUT2D eigenvalue weighted by molar-refractivity contribution is 6.34. The van der Waals surface area contributed by atoms with Gasteiger partial charge in [0, 0.05) is 0 Å². The quantitative estimate of drug-likeness (QED) is 0.872. The molecule has 0 saturated carbocycles. The second-order valence-electron chi connectivity index (χ2n) is 5.67. The summed E-state index contributed by atoms with van der Waals surface area (Å²) in [6.45, 7) is 8.72. The van der Waals surface area contributed by atoms with Gasteiger partial charge in [-0.1, -0.05) is 23.7 Å². The first-order chi connectivity index (χ1) is 9.11. The third-order valence-electron chi connectivity index (χ3n) is 2.54. The number of hydrogen-bond donors (Lipinski definition) is 1. The van der Waals surface area contributed by atoms with E-state index in [0.717, 1.165) is 5.56 Å². The second-order valence-corrected chi connectivity index (χ2v) is 6.04. The van der Waals surface area contributed by atoms with Gasteiger partial charge < -0.3 is 10.1 Å². The Bertz CT molecular complexity index is 520. The maximum Gasteiger partial charge on any atom is 0.328 e. The van der Waals surface area contributed by atoms with Gasteiger partial charge in [-0.05, 0) is 46.2 Å². The zero-order valence-electron chi connectivity index (χ0n) is 12.4. The second kappa shape index (κ2) is 6.27. The number of hydrogen-bond acceptors (Lipinski definition) is 3. The van der Waals surface area contributed by atoms with Crippen LogP contribution in [0, 0.1) is 6.92 Å². The average Bonchev–Trinajstić information content (AvgIpc) is 2.30. The molecule has 110 valence electrons. The van der Waals surface area contributed by atoms with Crippen LogP contribution in [0.3, 0.4) is 0 Å². The molecule has 0 spiro atoms. The van der Waals surface area contributed by atoms with E-state index in [9.17, 15) is 9.59 Å². The van der Waals surface area contributed by atoms with Gasteiger partial charge in [-0.25, -0.2) is 4.79 Å². The highest BCUT2D eigenvalue weighted by Gasteiger charge is 2.24. The number of carbonyl (C=O) groups excluding carboxylic acids is 2. The summed E-state index contributed by atoms with van der Waals surface area (Å²) in [5.74, 6) is -0.869. The molecule has 0 fully saturated rings. The Labute approximate surface area is 124 Å². The Balaban J connectivity index is 2.76. The lowest BCUT2D eigenvalue weighted by molar-refractivity contribution is -0.156. The lowest BCUT2D eigenvalue weighted by Gasteiger charge is -2.22. The van der Waals surface area contributed by atoms with Crippen LogP contribution in [0.2, 0.25) is 5.02 Å². The van der Waals surface area contributed by atoms with Crippen LogP contribution in [-0.2, 0) is 9.53 Å². The van der Waals surface area contributed by atoms with Gasteiger partial charge in [-0.2, -0.15) is 0 Å². The number of rotatable bonds is 3. The van der Waals surface area contributed by atoms with E-state index in [1.807, 2.05) is 13.0 Å². The van der Waals surface area contributed by atoms with E-state index in [2.05, 4.69) is 5.32 Å². The van der Waals surface area contributed by atoms with Crippen LogP contribution in [0.15, 0.2) is 18.2 Å². The van der Waals surface area contributed by atoms with E-state index >= 15 is 0 Å². The topological polar surface area (TPSA) is 55.4 Å². The number of aryl methyl sites for hydroxylation is 1. The Morgan fingerprint density at radius 2 is 1.90 bits per heavy atom. The molecule has 20 heavy (non-hydrogen) atoms. The summed E-state index contributed by atoms with van der Waals surface area (Å²) in [4.78, 5) is 23.9. The molecule has 1 amide bonds. The van der Waals surface area contributed by atoms with Gasteiger partial charge >= 0.3 is 5.97 Å². The van der Waals surface area contributed by atoms with Crippen molar-refractivity contribution in [2.45, 2.75) is 46.3 Å². The van der Waals surface area contributed by atoms with E-state index < -0.39 is 23.5 Å². The third kappa shape index (κ3) is 4.53. The monoisotopic (exact) mass is 297 g/mol. The largest absolute Gasteiger partial charge is 0.458 e. The fourth-order valence-corrected chi connectivity index (χ4v) is 1.76. The molecule has 0 aliphatic carbocycles. The average molecular weight is 298 g/mol. The number of benzene rings is 1. The molecule has 1 aromatic rings. The molecule has 0 saturated heterocycles. The van der Waals surface area contributed by atoms with Crippen LogP contribution in [0.25, 0.3) is 0 Å². The van der Waals surface area contributed by atoms with Crippen molar-refractivity contribution in [1.29, 1.82) is 0 Å². The van der Waals surface area contributed by atoms with Crippen molar-refractivity contribution in [3.63, 3.8) is 0 Å². The lowest BCUT2D eigenvalue weighted by Crippen LogP contribution is -2.42. The molecule has 1 N–H and O–H groups in total. The molecule has 1 atom stereocenters. The first kappa shape index (κ1) is 16.5. The van der Waals surface area contributed by atoms with Crippen molar-refractivity contribution < 1.29 is 14.3 Å². The van der Waals surface area contributed by atoms with E-state index in [1.54, 1.807) is 39.8 Å². The molecule has 5 heteroatoms. The van der Waals surface area contributed by atoms with Crippen LogP contribution >= 0.6 is 11.6 Å². The van der Waals surface area contributed by atoms with Crippen LogP contribution < -0.4 is 5.32 Å². The Morgan fingerprint density at radius 1 is 1.30 bits per heavy atom. The summed E-state index contributed by atoms with van der Waals surface area (Å²) >= 11 is 6.08. The van der Waals surface area contributed by atoms with Crippen LogP contribution in [0.5, 0.6) is 0 Å². The Kier molecular flexibility index (Phi) is 5.17. The highest BCUT2D eigenvalue weighted by atomic mass is 35.5. The van der Waals surface area contributed by atoms with Crippen molar-refractivity contribution in [3.05, 3.63) is 34.3 Å². The highest BCUT2D eigenvalue weighted by Crippen LogP contribution is 2.20. The molecule has 1 aromatic carbocycles. The van der Waals surface area contributed by atoms with E-state index in [4.69, 9.17) is 16.3 Å². The first-order valence-electron chi connectivity index (χ1n) is 6.40. The zero-order chi connectivity index (χ0) is 15.5. The van der Waals surface area contributed by atoms with Gasteiger partial charge in [-0.3, -0.25) is 4.79 Å². The molecule has 0 bridgehead atoms. The minimum absolute atomic E-state index is 0.349. The van der Waals surface area contributed by atoms with Gasteiger partial charge in [0.05, 0.1) is 10.6 Å². The molecule has 0 heterocycles. The summed E-state index contributed by atoms with van der Waals surface area (Å²) in [5.41, 5.74) is 0.572. The predicted octanol–water partition coefficient (Wildman–Crippen LogP) is 3.11. The fourth-order valence-electron chi connectivity index (χ4n) is 1.55. The number of carbonyl (C=O) groups is 2. The summed E-state index contributed by atoms with van der Waals surface area (Å²) in [6, 6.07) is 4.44. The summed E-state index contributed by atoms with van der Waals surface area (Å²) in [7, 11) is 0. The van der Waals surface area contributed by atoms with Crippen molar-refractivity contribution in [2.75, 3.05) is 0 Å². The summed E-state index contributed by atoms with van der Waals surface area (Å²) < 4.78 is 5.20. The molecular formula is C15H20ClNO3. The maximum absolute atomic E-state index is 12.1. The van der Waals surface area contributed by atoms with Crippen molar-refractivity contribution in [2.24, 2.45) is 0 Å². The van der Waals surface area contributed by atoms with E-state index in [0.29, 0.717) is 10.6 Å². The number of ether oxygens (including phenoxy) is 1. The van der Waals surface area contributed by atoms with E-state index in [-0.39, 0.29) is 0 Å². The Morgan fingerprint density at radius 3 is 2.45 bits per heavy atom. The Hall–Kier alpha value is -1.55. The van der Waals surface area contributed by atoms with Crippen LogP contribution in [0.4, 0.5) is 0 Å². The van der Waals surface area contributed by atoms with Crippen molar-refractivity contribution in [1.82, 2.24) is 5.32 Å². The molecule has 0 unspecified atom stereocenters. The smallest absolute Gasteiger partial charge is 0.328 e. The molecule has 0 aliphatic heterocycles. The number of esters is 1. The predicted molar refractivity (Wildman–Crippen MR) is 79.0 cm³/mol. The van der Waals surface area contributed by atoms with Gasteiger partial charge in [0.2, 0.25) is 0 Å². The minimum atomic E-state index is -0.738. The maximum atomic E-state index is 12.1. The molecule has 0 aromatic heterocycles. The van der Waals surface area contributed by atoms with Crippen LogP contribution in [0.1, 0.15) is 43.6 Å². The molecule has 4 nitrogen and oxygen atoms in total. The van der Waals surface area contributed by atoms with E-state index in [1.165, 1.54) is 0 Å². The van der Waals surface area contributed by atoms with Crippen LogP contribution in [-0.4, -0.2) is 23.5 Å². The van der Waals surface area contributed by atoms with Crippen molar-refractivity contribution in [3.8, 4) is 0 Å². The summed E-state index contributed by atoms with van der Waals surface area (Å²) in [5, 5.41) is 2.98. The minimum Gasteiger partial charge on any atom is -0.458 e. The number of halogens is 1. The third-order valence-corrected chi connectivity index (χ3v) is 3.05. The van der Waals surface area contributed by atoms with Gasteiger partial charge in [0.1, 0.15) is 11.6 Å². The molecular weight excluding hydrogens is 278 g/mol. The normalized spacial score (nSPS) is 12.7. The molecule has 0 radical (unpaired) electrons. The number of amides is 1. The standard InChI is InChI=1S/C15H20ClNO3/c1-9-7-6-8-11(12(9)16)13(18)17-10(2)14(19)20-15(3,4)5/h6-8,10H,1-5H3,(H,17,18)/t10-/m1/s1. The van der Waals surface area contributed by atoms with Gasteiger partial charge in [0.15, 0.2) is 0 Å². The molecule has 0 aliphatic rings. The first-order valence-corrected chi connectivity index (χ1v) is 6.78. The van der Waals surface area contributed by atoms with Gasteiger partial charge in [-0.15, -0.1) is 0 Å². The molecule has 1 rings (SSSR count). The fraction of sp³-hybridized carbons (Fsp3) is 0.467. The van der Waals surface area contributed by atoms with Gasteiger partial charge in [0.25, 0.3) is 5.91 Å². The zero-order valence-corrected chi connectivity index (χ0v) is 13.2. The summed E-state index contributed by atoms with van der Waals surface area (Å²) in [6.07, 6.45) is 0. The SMILES string of the molecule is Cc1cccc(C(=O)N[C@H](C)C(=O)OC(C)(C)C)c1Cl. The number of nitrogens with one attached hydrogen (secondary N) is 1.